The number of aliphatic carboxylic acids is 1. The first kappa shape index (κ1) is 10.0. The molecule has 0 saturated carbocycles. The molecule has 0 radical (unpaired) electrons. The maximum Gasteiger partial charge on any atom is 0.316 e. The van der Waals surface area contributed by atoms with Gasteiger partial charge in [0.05, 0.1) is 0 Å². The number of aromatic amines is 1. The molecule has 0 aliphatic carbocycles. The smallest absolute Gasteiger partial charge is 0.316 e. The number of carbonyl (C=O) groups is 1. The molecule has 1 aromatic rings. The molecule has 0 fully saturated rings. The van der Waals surface area contributed by atoms with E-state index in [1.54, 1.807) is 6.92 Å². The number of hydrogen-bond acceptors (Lipinski definition) is 4. The van der Waals surface area contributed by atoms with Crippen molar-refractivity contribution < 1.29 is 9.90 Å². The third-order valence-corrected chi connectivity index (χ3v) is 2.42. The van der Waals surface area contributed by atoms with Crippen LogP contribution in [0.25, 0.3) is 0 Å². The number of thioether (sulfide) groups is 1. The summed E-state index contributed by atoms with van der Waals surface area (Å²) in [6, 6.07) is 0. The van der Waals surface area contributed by atoms with Crippen LogP contribution in [0.15, 0.2) is 5.16 Å². The zero-order valence-corrected chi connectivity index (χ0v) is 8.26. The van der Waals surface area contributed by atoms with Crippen molar-refractivity contribution in [3.8, 4) is 0 Å². The molecule has 1 aromatic heterocycles. The lowest BCUT2D eigenvalue weighted by atomic mass is 10.5. The molecule has 72 valence electrons. The Morgan fingerprint density at radius 1 is 1.77 bits per heavy atom. The molecule has 5 nitrogen and oxygen atoms in total. The van der Waals surface area contributed by atoms with E-state index in [0.29, 0.717) is 5.16 Å². The van der Waals surface area contributed by atoms with Crippen LogP contribution >= 0.6 is 11.8 Å². The summed E-state index contributed by atoms with van der Waals surface area (Å²) in [6.45, 7) is 3.56. The molecule has 1 rings (SSSR count). The standard InChI is InChI=1S/C7H11N3O2S/c1-3-5-8-7(10-9-5)13-4(2)6(11)12/h4H,3H2,1-2H3,(H,11,12)(H,8,9,10). The number of nitrogens with zero attached hydrogens (tertiary/aromatic N) is 2. The Bertz CT molecular complexity index is 300. The van der Waals surface area contributed by atoms with Gasteiger partial charge >= 0.3 is 5.97 Å². The minimum absolute atomic E-state index is 0.492. The summed E-state index contributed by atoms with van der Waals surface area (Å²) in [5.74, 6) is -0.0760. The topological polar surface area (TPSA) is 78.9 Å². The molecule has 0 amide bonds. The minimum atomic E-state index is -0.854. The first-order valence-corrected chi connectivity index (χ1v) is 4.82. The van der Waals surface area contributed by atoms with Crippen LogP contribution in [0.5, 0.6) is 0 Å². The van der Waals surface area contributed by atoms with E-state index in [1.807, 2.05) is 6.92 Å². The number of rotatable bonds is 4. The molecule has 1 atom stereocenters. The van der Waals surface area contributed by atoms with Gasteiger partial charge in [-0.2, -0.15) is 0 Å². The van der Waals surface area contributed by atoms with Crippen LogP contribution in [0.3, 0.4) is 0 Å². The highest BCUT2D eigenvalue weighted by Crippen LogP contribution is 2.18. The van der Waals surface area contributed by atoms with Crippen LogP contribution in [0.4, 0.5) is 0 Å². The molecular weight excluding hydrogens is 190 g/mol. The van der Waals surface area contributed by atoms with Gasteiger partial charge in [0.25, 0.3) is 0 Å². The Labute approximate surface area is 80.0 Å². The summed E-state index contributed by atoms with van der Waals surface area (Å²) in [6.07, 6.45) is 0.773. The third-order valence-electron chi connectivity index (χ3n) is 1.48. The van der Waals surface area contributed by atoms with Crippen LogP contribution in [0, 0.1) is 0 Å². The monoisotopic (exact) mass is 201 g/mol. The number of carboxylic acids is 1. The summed E-state index contributed by atoms with van der Waals surface area (Å²) >= 11 is 1.13. The van der Waals surface area contributed by atoms with E-state index >= 15 is 0 Å². The molecule has 0 aliphatic heterocycles. The summed E-state index contributed by atoms with van der Waals surface area (Å²) in [7, 11) is 0. The molecule has 1 unspecified atom stereocenters. The second-order valence-corrected chi connectivity index (χ2v) is 3.82. The highest BCUT2D eigenvalue weighted by molar-refractivity contribution is 8.00. The third kappa shape index (κ3) is 2.73. The first-order valence-electron chi connectivity index (χ1n) is 3.94. The average Bonchev–Trinajstić information content (AvgIpc) is 2.52. The molecule has 6 heteroatoms. The van der Waals surface area contributed by atoms with Crippen LogP contribution in [-0.2, 0) is 11.2 Å². The fourth-order valence-electron chi connectivity index (χ4n) is 0.697. The van der Waals surface area contributed by atoms with Crippen molar-refractivity contribution >= 4 is 17.7 Å². The van der Waals surface area contributed by atoms with Crippen molar-refractivity contribution in [1.82, 2.24) is 15.2 Å². The maximum absolute atomic E-state index is 10.5. The number of carboxylic acid groups (broad SMARTS) is 1. The van der Waals surface area contributed by atoms with Crippen LogP contribution in [0.1, 0.15) is 19.7 Å². The van der Waals surface area contributed by atoms with Gasteiger partial charge in [-0.05, 0) is 6.92 Å². The summed E-state index contributed by atoms with van der Waals surface area (Å²) in [5, 5.41) is 15.2. The van der Waals surface area contributed by atoms with Crippen molar-refractivity contribution in [2.45, 2.75) is 30.7 Å². The Balaban J connectivity index is 2.58. The van der Waals surface area contributed by atoms with Gasteiger partial charge in [0.2, 0.25) is 5.16 Å². The quantitative estimate of drug-likeness (QED) is 0.708. The molecule has 13 heavy (non-hydrogen) atoms. The number of hydrogen-bond donors (Lipinski definition) is 2. The molecular formula is C7H11N3O2S. The number of aromatic nitrogens is 3. The second kappa shape index (κ2) is 4.27. The summed E-state index contributed by atoms with van der Waals surface area (Å²) in [5.41, 5.74) is 0. The molecule has 1 heterocycles. The second-order valence-electron chi connectivity index (χ2n) is 2.52. The largest absolute Gasteiger partial charge is 0.480 e. The van der Waals surface area contributed by atoms with Gasteiger partial charge in [-0.25, -0.2) is 4.98 Å². The number of H-pyrrole nitrogens is 1. The molecule has 2 N–H and O–H groups in total. The predicted molar refractivity (Wildman–Crippen MR) is 48.7 cm³/mol. The summed E-state index contributed by atoms with van der Waals surface area (Å²) < 4.78 is 0. The van der Waals surface area contributed by atoms with E-state index in [4.69, 9.17) is 5.11 Å². The van der Waals surface area contributed by atoms with Gasteiger partial charge in [-0.15, -0.1) is 5.10 Å². The van der Waals surface area contributed by atoms with Gasteiger partial charge in [0.1, 0.15) is 11.1 Å². The zero-order chi connectivity index (χ0) is 9.84. The fourth-order valence-corrected chi connectivity index (χ4v) is 1.38. The minimum Gasteiger partial charge on any atom is -0.480 e. The Kier molecular flexibility index (Phi) is 3.30. The van der Waals surface area contributed by atoms with Gasteiger partial charge in [0, 0.05) is 6.42 Å². The number of aryl methyl sites for hydroxylation is 1. The Morgan fingerprint density at radius 3 is 2.92 bits per heavy atom. The van der Waals surface area contributed by atoms with Gasteiger partial charge in [-0.3, -0.25) is 9.89 Å². The Hall–Kier alpha value is -1.04. The molecule has 0 aliphatic rings. The van der Waals surface area contributed by atoms with Gasteiger partial charge in [-0.1, -0.05) is 18.7 Å². The van der Waals surface area contributed by atoms with E-state index in [-0.39, 0.29) is 0 Å². The van der Waals surface area contributed by atoms with Crippen molar-refractivity contribution in [2.24, 2.45) is 0 Å². The van der Waals surface area contributed by atoms with E-state index in [2.05, 4.69) is 15.2 Å². The zero-order valence-electron chi connectivity index (χ0n) is 7.44. The van der Waals surface area contributed by atoms with Gasteiger partial charge < -0.3 is 5.11 Å². The van der Waals surface area contributed by atoms with Crippen molar-refractivity contribution in [1.29, 1.82) is 0 Å². The Morgan fingerprint density at radius 2 is 2.46 bits per heavy atom. The SMILES string of the molecule is CCc1nc(SC(C)C(=O)O)n[nH]1. The van der Waals surface area contributed by atoms with Crippen molar-refractivity contribution in [3.05, 3.63) is 5.82 Å². The van der Waals surface area contributed by atoms with Gasteiger partial charge in [0.15, 0.2) is 0 Å². The van der Waals surface area contributed by atoms with E-state index in [0.717, 1.165) is 24.0 Å². The van der Waals surface area contributed by atoms with E-state index < -0.39 is 11.2 Å². The van der Waals surface area contributed by atoms with Crippen LogP contribution in [0.2, 0.25) is 0 Å². The molecule has 0 aromatic carbocycles. The lowest BCUT2D eigenvalue weighted by Gasteiger charge is -1.99. The fraction of sp³-hybridized carbons (Fsp3) is 0.571. The maximum atomic E-state index is 10.5. The van der Waals surface area contributed by atoms with Crippen molar-refractivity contribution in [2.75, 3.05) is 0 Å². The normalized spacial score (nSPS) is 12.8. The lowest BCUT2D eigenvalue weighted by Crippen LogP contribution is -2.11. The first-order chi connectivity index (χ1) is 6.13. The van der Waals surface area contributed by atoms with Crippen molar-refractivity contribution in [3.63, 3.8) is 0 Å². The molecule has 0 spiro atoms. The molecule has 0 saturated heterocycles. The van der Waals surface area contributed by atoms with Crippen LogP contribution in [-0.4, -0.2) is 31.5 Å². The highest BCUT2D eigenvalue weighted by Gasteiger charge is 2.14. The number of nitrogens with one attached hydrogen (secondary N) is 1. The predicted octanol–water partition coefficient (Wildman–Crippen LogP) is 0.932. The van der Waals surface area contributed by atoms with Crippen LogP contribution < -0.4 is 0 Å². The summed E-state index contributed by atoms with van der Waals surface area (Å²) in [4.78, 5) is 14.6. The highest BCUT2D eigenvalue weighted by atomic mass is 32.2. The van der Waals surface area contributed by atoms with E-state index in [1.165, 1.54) is 0 Å². The lowest BCUT2D eigenvalue weighted by molar-refractivity contribution is -0.136. The molecule has 0 bridgehead atoms. The average molecular weight is 201 g/mol. The van der Waals surface area contributed by atoms with E-state index in [9.17, 15) is 4.79 Å².